The lowest BCUT2D eigenvalue weighted by molar-refractivity contribution is 0.328. The van der Waals surface area contributed by atoms with Crippen molar-refractivity contribution in [2.24, 2.45) is 5.73 Å². The summed E-state index contributed by atoms with van der Waals surface area (Å²) in [6.07, 6.45) is 6.84. The molecule has 0 unspecified atom stereocenters. The molecule has 1 saturated carbocycles. The molecule has 0 aliphatic heterocycles. The van der Waals surface area contributed by atoms with Crippen molar-refractivity contribution in [2.75, 3.05) is 11.9 Å². The number of aromatic nitrogens is 2. The third-order valence-electron chi connectivity index (χ3n) is 3.55. The lowest BCUT2D eigenvalue weighted by Gasteiger charge is -2.37. The minimum Gasteiger partial charge on any atom is -0.361 e. The van der Waals surface area contributed by atoms with Gasteiger partial charge in [0.05, 0.1) is 11.2 Å². The first-order chi connectivity index (χ1) is 8.17. The van der Waals surface area contributed by atoms with Gasteiger partial charge in [0.2, 0.25) is 0 Å². The molecular formula is C12H19FN4. The fourth-order valence-electron chi connectivity index (χ4n) is 2.40. The predicted molar refractivity (Wildman–Crippen MR) is 65.2 cm³/mol. The highest BCUT2D eigenvalue weighted by Gasteiger charge is 2.31. The topological polar surface area (TPSA) is 63.8 Å². The van der Waals surface area contributed by atoms with Crippen LogP contribution in [0.3, 0.4) is 0 Å². The molecule has 0 amide bonds. The normalized spacial score (nSPS) is 19.0. The third kappa shape index (κ3) is 2.54. The van der Waals surface area contributed by atoms with E-state index in [4.69, 9.17) is 5.73 Å². The summed E-state index contributed by atoms with van der Waals surface area (Å²) in [7, 11) is 0. The van der Waals surface area contributed by atoms with E-state index < -0.39 is 0 Å². The molecule has 4 nitrogen and oxygen atoms in total. The number of nitrogens with zero attached hydrogens (tertiary/aromatic N) is 2. The number of halogens is 1. The Morgan fingerprint density at radius 1 is 1.35 bits per heavy atom. The molecule has 1 aromatic rings. The maximum Gasteiger partial charge on any atom is 0.186 e. The van der Waals surface area contributed by atoms with Crippen LogP contribution in [-0.2, 0) is 0 Å². The summed E-state index contributed by atoms with van der Waals surface area (Å²) in [6.45, 7) is 2.15. The average molecular weight is 238 g/mol. The van der Waals surface area contributed by atoms with Crippen LogP contribution in [0, 0.1) is 12.7 Å². The first-order valence-corrected chi connectivity index (χ1v) is 6.12. The summed E-state index contributed by atoms with van der Waals surface area (Å²) >= 11 is 0. The van der Waals surface area contributed by atoms with Crippen molar-refractivity contribution in [1.29, 1.82) is 0 Å². The minimum atomic E-state index is -0.370. The second-order valence-corrected chi connectivity index (χ2v) is 4.79. The highest BCUT2D eigenvalue weighted by atomic mass is 19.1. The lowest BCUT2D eigenvalue weighted by Crippen LogP contribution is -2.47. The van der Waals surface area contributed by atoms with Gasteiger partial charge in [-0.05, 0) is 19.8 Å². The Hall–Kier alpha value is -1.23. The van der Waals surface area contributed by atoms with Crippen molar-refractivity contribution < 1.29 is 4.39 Å². The molecule has 1 aliphatic carbocycles. The molecule has 1 aromatic heterocycles. The summed E-state index contributed by atoms with van der Waals surface area (Å²) in [5.74, 6) is -0.0873. The van der Waals surface area contributed by atoms with Crippen LogP contribution in [0.2, 0.25) is 0 Å². The summed E-state index contributed by atoms with van der Waals surface area (Å²) < 4.78 is 13.8. The van der Waals surface area contributed by atoms with Gasteiger partial charge < -0.3 is 11.1 Å². The van der Waals surface area contributed by atoms with Crippen molar-refractivity contribution >= 4 is 5.82 Å². The van der Waals surface area contributed by atoms with E-state index in [0.29, 0.717) is 12.2 Å². The Balaban J connectivity index is 2.20. The largest absolute Gasteiger partial charge is 0.361 e. The molecule has 0 bridgehead atoms. The van der Waals surface area contributed by atoms with E-state index >= 15 is 0 Å². The van der Waals surface area contributed by atoms with Crippen molar-refractivity contribution in [2.45, 2.75) is 44.6 Å². The molecule has 1 heterocycles. The van der Waals surface area contributed by atoms with Crippen LogP contribution in [0.4, 0.5) is 10.2 Å². The van der Waals surface area contributed by atoms with E-state index in [-0.39, 0.29) is 17.2 Å². The number of anilines is 1. The zero-order valence-corrected chi connectivity index (χ0v) is 10.2. The Morgan fingerprint density at radius 3 is 2.71 bits per heavy atom. The van der Waals surface area contributed by atoms with E-state index in [1.54, 1.807) is 6.92 Å². The number of hydrogen-bond donors (Lipinski definition) is 2. The number of hydrogen-bond acceptors (Lipinski definition) is 4. The molecule has 3 N–H and O–H groups in total. The molecular weight excluding hydrogens is 219 g/mol. The molecule has 2 rings (SSSR count). The van der Waals surface area contributed by atoms with E-state index in [1.807, 2.05) is 0 Å². The number of nitrogens with one attached hydrogen (secondary N) is 1. The quantitative estimate of drug-likeness (QED) is 0.845. The summed E-state index contributed by atoms with van der Waals surface area (Å²) in [4.78, 5) is 7.80. The van der Waals surface area contributed by atoms with Crippen molar-refractivity contribution in [3.05, 3.63) is 17.8 Å². The number of rotatable bonds is 3. The summed E-state index contributed by atoms with van der Waals surface area (Å²) in [6, 6.07) is 0. The lowest BCUT2D eigenvalue weighted by atomic mass is 9.81. The van der Waals surface area contributed by atoms with Crippen LogP contribution in [0.15, 0.2) is 6.33 Å². The van der Waals surface area contributed by atoms with Gasteiger partial charge in [-0.2, -0.15) is 0 Å². The van der Waals surface area contributed by atoms with Gasteiger partial charge in [0.1, 0.15) is 6.33 Å². The zero-order chi connectivity index (χ0) is 12.3. The molecule has 0 aromatic carbocycles. The second-order valence-electron chi connectivity index (χ2n) is 4.79. The van der Waals surface area contributed by atoms with Crippen LogP contribution >= 0.6 is 0 Å². The highest BCUT2D eigenvalue weighted by molar-refractivity contribution is 5.40. The Labute approximate surface area is 101 Å². The molecule has 0 saturated heterocycles. The highest BCUT2D eigenvalue weighted by Crippen LogP contribution is 2.31. The van der Waals surface area contributed by atoms with Gasteiger partial charge >= 0.3 is 0 Å². The molecule has 94 valence electrons. The molecule has 0 radical (unpaired) electrons. The fourth-order valence-corrected chi connectivity index (χ4v) is 2.40. The third-order valence-corrected chi connectivity index (χ3v) is 3.55. The molecule has 0 atom stereocenters. The fraction of sp³-hybridized carbons (Fsp3) is 0.667. The van der Waals surface area contributed by atoms with Gasteiger partial charge in [-0.1, -0.05) is 19.3 Å². The summed E-state index contributed by atoms with van der Waals surface area (Å²) in [5.41, 5.74) is 6.02. The van der Waals surface area contributed by atoms with Gasteiger partial charge in [-0.25, -0.2) is 14.4 Å². The average Bonchev–Trinajstić information content (AvgIpc) is 2.36. The molecule has 1 aliphatic rings. The first kappa shape index (κ1) is 12.2. The van der Waals surface area contributed by atoms with Crippen LogP contribution < -0.4 is 11.1 Å². The maximum atomic E-state index is 13.8. The Morgan fingerprint density at radius 2 is 2.06 bits per heavy atom. The maximum absolute atomic E-state index is 13.8. The van der Waals surface area contributed by atoms with Crippen molar-refractivity contribution in [3.8, 4) is 0 Å². The standard InChI is InChI=1S/C12H19FN4/c1-9-10(13)11(16-8-15-9)17-12(7-14)5-3-2-4-6-12/h8H,2-7,14H2,1H3,(H,15,16,17). The van der Waals surface area contributed by atoms with E-state index in [0.717, 1.165) is 25.7 Å². The Bertz CT molecular complexity index is 388. The molecule has 0 spiro atoms. The SMILES string of the molecule is Cc1ncnc(NC2(CN)CCCCC2)c1F. The van der Waals surface area contributed by atoms with Gasteiger partial charge in [-0.3, -0.25) is 0 Å². The first-order valence-electron chi connectivity index (χ1n) is 6.12. The smallest absolute Gasteiger partial charge is 0.186 e. The Kier molecular flexibility index (Phi) is 3.57. The van der Waals surface area contributed by atoms with E-state index in [9.17, 15) is 4.39 Å². The summed E-state index contributed by atoms with van der Waals surface area (Å²) in [5, 5.41) is 3.20. The van der Waals surface area contributed by atoms with E-state index in [1.165, 1.54) is 12.7 Å². The van der Waals surface area contributed by atoms with Crippen LogP contribution in [-0.4, -0.2) is 22.1 Å². The van der Waals surface area contributed by atoms with Gasteiger partial charge in [0.25, 0.3) is 0 Å². The zero-order valence-electron chi connectivity index (χ0n) is 10.2. The van der Waals surface area contributed by atoms with Crippen LogP contribution in [0.5, 0.6) is 0 Å². The molecule has 1 fully saturated rings. The van der Waals surface area contributed by atoms with Crippen LogP contribution in [0.25, 0.3) is 0 Å². The van der Waals surface area contributed by atoms with Crippen molar-refractivity contribution in [1.82, 2.24) is 9.97 Å². The number of aryl methyl sites for hydroxylation is 1. The molecule has 17 heavy (non-hydrogen) atoms. The van der Waals surface area contributed by atoms with Crippen molar-refractivity contribution in [3.63, 3.8) is 0 Å². The molecule has 5 heteroatoms. The van der Waals surface area contributed by atoms with E-state index in [2.05, 4.69) is 15.3 Å². The monoisotopic (exact) mass is 238 g/mol. The number of nitrogens with two attached hydrogens (primary N) is 1. The minimum absolute atomic E-state index is 0.195. The predicted octanol–water partition coefficient (Wildman–Crippen LogP) is 2.00. The van der Waals surface area contributed by atoms with Gasteiger partial charge in [0.15, 0.2) is 11.6 Å². The second kappa shape index (κ2) is 4.96. The van der Waals surface area contributed by atoms with Crippen LogP contribution in [0.1, 0.15) is 37.8 Å². The van der Waals surface area contributed by atoms with Gasteiger partial charge in [0, 0.05) is 6.54 Å². The van der Waals surface area contributed by atoms with Gasteiger partial charge in [-0.15, -0.1) is 0 Å².